The van der Waals surface area contributed by atoms with E-state index in [-0.39, 0.29) is 17.8 Å². The Hall–Kier alpha value is -1.10. The Morgan fingerprint density at radius 1 is 1.24 bits per heavy atom. The van der Waals surface area contributed by atoms with Crippen LogP contribution in [0.5, 0.6) is 0 Å². The molecule has 17 heavy (non-hydrogen) atoms. The SMILES string of the molecule is COC(=O)C1(NC(=O)C2CNC2)CCCCC1. The first-order valence-corrected chi connectivity index (χ1v) is 6.29. The Morgan fingerprint density at radius 2 is 1.88 bits per heavy atom. The van der Waals surface area contributed by atoms with Crippen LogP contribution in [0.2, 0.25) is 0 Å². The number of carbonyl (C=O) groups excluding carboxylic acids is 2. The molecule has 0 radical (unpaired) electrons. The molecule has 2 rings (SSSR count). The Morgan fingerprint density at radius 3 is 2.35 bits per heavy atom. The lowest BCUT2D eigenvalue weighted by Gasteiger charge is -2.37. The predicted octanol–water partition coefficient (Wildman–Crippen LogP) is 0.198. The molecule has 1 heterocycles. The molecule has 2 fully saturated rings. The summed E-state index contributed by atoms with van der Waals surface area (Å²) in [5.41, 5.74) is -0.764. The summed E-state index contributed by atoms with van der Waals surface area (Å²) in [5.74, 6) is -0.299. The number of rotatable bonds is 3. The average molecular weight is 240 g/mol. The van der Waals surface area contributed by atoms with E-state index in [0.29, 0.717) is 25.9 Å². The van der Waals surface area contributed by atoms with Crippen LogP contribution in [0.1, 0.15) is 32.1 Å². The summed E-state index contributed by atoms with van der Waals surface area (Å²) in [6, 6.07) is 0. The zero-order valence-electron chi connectivity index (χ0n) is 10.3. The van der Waals surface area contributed by atoms with Gasteiger partial charge in [-0.25, -0.2) is 4.79 Å². The molecule has 2 N–H and O–H groups in total. The molecule has 1 saturated heterocycles. The minimum absolute atomic E-state index is 0.0125. The van der Waals surface area contributed by atoms with Crippen molar-refractivity contribution in [3.63, 3.8) is 0 Å². The van der Waals surface area contributed by atoms with E-state index in [0.717, 1.165) is 19.3 Å². The van der Waals surface area contributed by atoms with Crippen LogP contribution in [-0.4, -0.2) is 37.6 Å². The fourth-order valence-electron chi connectivity index (χ4n) is 2.54. The van der Waals surface area contributed by atoms with Crippen LogP contribution in [0.15, 0.2) is 0 Å². The summed E-state index contributed by atoms with van der Waals surface area (Å²) in [6.07, 6.45) is 4.47. The third kappa shape index (κ3) is 2.44. The number of hydrogen-bond acceptors (Lipinski definition) is 4. The Bertz CT molecular complexity index is 307. The van der Waals surface area contributed by atoms with Crippen molar-refractivity contribution in [1.29, 1.82) is 0 Å². The van der Waals surface area contributed by atoms with Crippen LogP contribution in [0.4, 0.5) is 0 Å². The van der Waals surface area contributed by atoms with Crippen molar-refractivity contribution in [3.8, 4) is 0 Å². The maximum Gasteiger partial charge on any atom is 0.331 e. The molecule has 1 amide bonds. The highest BCUT2D eigenvalue weighted by molar-refractivity contribution is 5.89. The third-order valence-electron chi connectivity index (χ3n) is 3.80. The molecule has 5 heteroatoms. The highest BCUT2D eigenvalue weighted by atomic mass is 16.5. The van der Waals surface area contributed by atoms with Gasteiger partial charge in [0.2, 0.25) is 5.91 Å². The number of methoxy groups -OCH3 is 1. The maximum absolute atomic E-state index is 12.0. The summed E-state index contributed by atoms with van der Waals surface area (Å²) < 4.78 is 4.86. The zero-order chi connectivity index (χ0) is 12.3. The highest BCUT2D eigenvalue weighted by Gasteiger charge is 2.43. The monoisotopic (exact) mass is 240 g/mol. The average Bonchev–Trinajstić information content (AvgIpc) is 2.26. The first kappa shape index (κ1) is 12.4. The zero-order valence-corrected chi connectivity index (χ0v) is 10.3. The molecule has 0 aromatic carbocycles. The molecule has 0 atom stereocenters. The quantitative estimate of drug-likeness (QED) is 0.691. The van der Waals surface area contributed by atoms with Gasteiger partial charge in [-0.15, -0.1) is 0 Å². The van der Waals surface area contributed by atoms with Gasteiger partial charge in [-0.05, 0) is 12.8 Å². The normalized spacial score (nSPS) is 23.6. The fraction of sp³-hybridized carbons (Fsp3) is 0.833. The molecule has 1 aliphatic heterocycles. The lowest BCUT2D eigenvalue weighted by molar-refractivity contribution is -0.153. The van der Waals surface area contributed by atoms with Gasteiger partial charge in [0.1, 0.15) is 5.54 Å². The topological polar surface area (TPSA) is 67.4 Å². The molecule has 96 valence electrons. The van der Waals surface area contributed by atoms with Crippen molar-refractivity contribution in [2.24, 2.45) is 5.92 Å². The standard InChI is InChI=1S/C12H20N2O3/c1-17-11(16)12(5-3-2-4-6-12)14-10(15)9-7-13-8-9/h9,13H,2-8H2,1H3,(H,14,15). The minimum Gasteiger partial charge on any atom is -0.467 e. The van der Waals surface area contributed by atoms with E-state index in [9.17, 15) is 9.59 Å². The molecule has 1 saturated carbocycles. The largest absolute Gasteiger partial charge is 0.467 e. The summed E-state index contributed by atoms with van der Waals surface area (Å²) >= 11 is 0. The lowest BCUT2D eigenvalue weighted by atomic mass is 9.81. The maximum atomic E-state index is 12.0. The number of amides is 1. The van der Waals surface area contributed by atoms with Crippen molar-refractivity contribution in [3.05, 3.63) is 0 Å². The van der Waals surface area contributed by atoms with Crippen LogP contribution < -0.4 is 10.6 Å². The Labute approximate surface area is 101 Å². The van der Waals surface area contributed by atoms with Crippen molar-refractivity contribution >= 4 is 11.9 Å². The third-order valence-corrected chi connectivity index (χ3v) is 3.80. The molecule has 0 bridgehead atoms. The van der Waals surface area contributed by atoms with E-state index < -0.39 is 5.54 Å². The van der Waals surface area contributed by atoms with E-state index >= 15 is 0 Å². The van der Waals surface area contributed by atoms with E-state index in [1.807, 2.05) is 0 Å². The predicted molar refractivity (Wildman–Crippen MR) is 62.3 cm³/mol. The van der Waals surface area contributed by atoms with Gasteiger partial charge in [-0.3, -0.25) is 4.79 Å². The second-order valence-electron chi connectivity index (χ2n) is 4.98. The van der Waals surface area contributed by atoms with Crippen molar-refractivity contribution in [1.82, 2.24) is 10.6 Å². The van der Waals surface area contributed by atoms with Gasteiger partial charge in [0.15, 0.2) is 0 Å². The summed E-state index contributed by atoms with van der Waals surface area (Å²) in [6.45, 7) is 1.42. The Kier molecular flexibility index (Phi) is 3.66. The fourth-order valence-corrected chi connectivity index (χ4v) is 2.54. The molecule has 5 nitrogen and oxygen atoms in total. The minimum atomic E-state index is -0.764. The Balaban J connectivity index is 2.03. The van der Waals surface area contributed by atoms with Gasteiger partial charge in [0.25, 0.3) is 0 Å². The van der Waals surface area contributed by atoms with E-state index in [1.165, 1.54) is 7.11 Å². The van der Waals surface area contributed by atoms with Crippen LogP contribution in [-0.2, 0) is 14.3 Å². The van der Waals surface area contributed by atoms with Gasteiger partial charge < -0.3 is 15.4 Å². The van der Waals surface area contributed by atoms with Gasteiger partial charge >= 0.3 is 5.97 Å². The second-order valence-corrected chi connectivity index (χ2v) is 4.98. The van der Waals surface area contributed by atoms with Gasteiger partial charge in [-0.1, -0.05) is 19.3 Å². The number of ether oxygens (including phenoxy) is 1. The molecule has 0 spiro atoms. The van der Waals surface area contributed by atoms with Crippen LogP contribution in [0.25, 0.3) is 0 Å². The number of hydrogen-bond donors (Lipinski definition) is 2. The van der Waals surface area contributed by atoms with Crippen molar-refractivity contribution < 1.29 is 14.3 Å². The highest BCUT2D eigenvalue weighted by Crippen LogP contribution is 2.29. The smallest absolute Gasteiger partial charge is 0.331 e. The van der Waals surface area contributed by atoms with Crippen LogP contribution in [0.3, 0.4) is 0 Å². The number of carbonyl (C=O) groups is 2. The summed E-state index contributed by atoms with van der Waals surface area (Å²) in [7, 11) is 1.38. The van der Waals surface area contributed by atoms with Crippen molar-refractivity contribution in [2.75, 3.05) is 20.2 Å². The number of esters is 1. The second kappa shape index (κ2) is 5.04. The van der Waals surface area contributed by atoms with E-state index in [1.54, 1.807) is 0 Å². The van der Waals surface area contributed by atoms with Crippen molar-refractivity contribution in [2.45, 2.75) is 37.6 Å². The lowest BCUT2D eigenvalue weighted by Crippen LogP contribution is -2.61. The number of nitrogens with one attached hydrogen (secondary N) is 2. The summed E-state index contributed by atoms with van der Waals surface area (Å²) in [5, 5.41) is 5.99. The summed E-state index contributed by atoms with van der Waals surface area (Å²) in [4.78, 5) is 23.9. The van der Waals surface area contributed by atoms with E-state index in [4.69, 9.17) is 4.74 Å². The van der Waals surface area contributed by atoms with Gasteiger partial charge in [0.05, 0.1) is 13.0 Å². The van der Waals surface area contributed by atoms with Crippen LogP contribution in [0, 0.1) is 5.92 Å². The molecule has 1 aliphatic carbocycles. The van der Waals surface area contributed by atoms with E-state index in [2.05, 4.69) is 10.6 Å². The molecule has 0 unspecified atom stereocenters. The van der Waals surface area contributed by atoms with Gasteiger partial charge in [-0.2, -0.15) is 0 Å². The van der Waals surface area contributed by atoms with Crippen LogP contribution >= 0.6 is 0 Å². The first-order chi connectivity index (χ1) is 8.18. The molecular formula is C12H20N2O3. The molecular weight excluding hydrogens is 220 g/mol. The first-order valence-electron chi connectivity index (χ1n) is 6.29. The van der Waals surface area contributed by atoms with Gasteiger partial charge in [0, 0.05) is 13.1 Å². The molecule has 0 aromatic rings. The molecule has 0 aromatic heterocycles. The molecule has 2 aliphatic rings.